The van der Waals surface area contributed by atoms with Crippen molar-refractivity contribution in [1.82, 2.24) is 24.8 Å². The number of methoxy groups -OCH3 is 1. The van der Waals surface area contributed by atoms with Crippen molar-refractivity contribution in [2.75, 3.05) is 38.6 Å². The second-order valence-corrected chi connectivity index (χ2v) is 6.44. The van der Waals surface area contributed by atoms with E-state index in [-0.39, 0.29) is 6.03 Å². The van der Waals surface area contributed by atoms with E-state index < -0.39 is 0 Å². The number of hydrogen-bond donors (Lipinski definition) is 2. The van der Waals surface area contributed by atoms with Crippen molar-refractivity contribution in [1.29, 1.82) is 0 Å². The molecule has 0 unspecified atom stereocenters. The predicted molar refractivity (Wildman–Crippen MR) is 103 cm³/mol. The van der Waals surface area contributed by atoms with Crippen LogP contribution in [0.25, 0.3) is 10.9 Å². The van der Waals surface area contributed by atoms with Gasteiger partial charge in [0.1, 0.15) is 11.6 Å². The molecule has 0 atom stereocenters. The molecule has 1 aliphatic rings. The number of nitrogens with zero attached hydrogens (tertiary/aromatic N) is 4. The number of ether oxygens (including phenoxy) is 1. The molecule has 2 aromatic heterocycles. The number of rotatable bonds is 4. The van der Waals surface area contributed by atoms with E-state index in [4.69, 9.17) is 4.74 Å². The van der Waals surface area contributed by atoms with Gasteiger partial charge in [0.2, 0.25) is 0 Å². The average Bonchev–Trinajstić information content (AvgIpc) is 3.21. The molecule has 0 aliphatic carbocycles. The number of H-pyrrole nitrogens is 1. The summed E-state index contributed by atoms with van der Waals surface area (Å²) in [7, 11) is 1.63. The Hall–Kier alpha value is -3.13. The van der Waals surface area contributed by atoms with Gasteiger partial charge in [-0.3, -0.25) is 9.88 Å². The molecule has 1 aromatic carbocycles. The van der Waals surface area contributed by atoms with Crippen molar-refractivity contribution in [2.45, 2.75) is 6.54 Å². The lowest BCUT2D eigenvalue weighted by Crippen LogP contribution is -2.49. The molecule has 1 saturated heterocycles. The first-order valence-electron chi connectivity index (χ1n) is 8.93. The van der Waals surface area contributed by atoms with Crippen molar-refractivity contribution in [3.05, 3.63) is 48.7 Å². The van der Waals surface area contributed by atoms with Crippen LogP contribution in [0, 0.1) is 0 Å². The first kappa shape index (κ1) is 17.3. The number of carbonyl (C=O) groups excluding carboxylic acids is 1. The van der Waals surface area contributed by atoms with E-state index in [1.165, 1.54) is 0 Å². The van der Waals surface area contributed by atoms with Gasteiger partial charge in [-0.05, 0) is 18.2 Å². The zero-order valence-corrected chi connectivity index (χ0v) is 15.2. The standard InChI is InChI=1S/C19H22N6O2/c1-27-16-5-6-22-18-14(16)3-2-4-15(18)23-19(26)25-11-9-24(10-12-25)13-17-20-7-8-21-17/h2-8H,9-13H2,1H3,(H,20,21)(H,23,26). The second-order valence-electron chi connectivity index (χ2n) is 6.44. The number of pyridine rings is 1. The predicted octanol–water partition coefficient (Wildman–Crippen LogP) is 2.32. The van der Waals surface area contributed by atoms with Gasteiger partial charge in [-0.1, -0.05) is 6.07 Å². The third-order valence-corrected chi connectivity index (χ3v) is 4.78. The number of aromatic nitrogens is 3. The lowest BCUT2D eigenvalue weighted by atomic mass is 10.1. The Morgan fingerprint density at radius 1 is 1.19 bits per heavy atom. The summed E-state index contributed by atoms with van der Waals surface area (Å²) < 4.78 is 5.38. The zero-order chi connectivity index (χ0) is 18.6. The van der Waals surface area contributed by atoms with Crippen LogP contribution in [0.2, 0.25) is 0 Å². The highest BCUT2D eigenvalue weighted by atomic mass is 16.5. The zero-order valence-electron chi connectivity index (χ0n) is 15.2. The summed E-state index contributed by atoms with van der Waals surface area (Å²) in [6, 6.07) is 7.39. The summed E-state index contributed by atoms with van der Waals surface area (Å²) in [5.74, 6) is 1.69. The number of benzene rings is 1. The molecular formula is C19H22N6O2. The quantitative estimate of drug-likeness (QED) is 0.740. The van der Waals surface area contributed by atoms with E-state index in [1.54, 1.807) is 19.5 Å². The Morgan fingerprint density at radius 2 is 2.04 bits per heavy atom. The Kier molecular flexibility index (Phi) is 4.88. The van der Waals surface area contributed by atoms with Gasteiger partial charge in [-0.2, -0.15) is 0 Å². The molecule has 8 heteroatoms. The molecule has 8 nitrogen and oxygen atoms in total. The molecule has 1 aliphatic heterocycles. The highest BCUT2D eigenvalue weighted by molar-refractivity contribution is 6.01. The number of piperazine rings is 1. The number of fused-ring (bicyclic) bond motifs is 1. The fraction of sp³-hybridized carbons (Fsp3) is 0.316. The summed E-state index contributed by atoms with van der Waals surface area (Å²) in [5, 5.41) is 3.87. The number of imidazole rings is 1. The number of para-hydroxylation sites is 1. The number of aromatic amines is 1. The Bertz CT molecular complexity index is 919. The number of carbonyl (C=O) groups is 1. The average molecular weight is 366 g/mol. The van der Waals surface area contributed by atoms with Gasteiger partial charge in [-0.15, -0.1) is 0 Å². The van der Waals surface area contributed by atoms with Crippen LogP contribution >= 0.6 is 0 Å². The maximum atomic E-state index is 12.7. The van der Waals surface area contributed by atoms with Crippen molar-refractivity contribution < 1.29 is 9.53 Å². The van der Waals surface area contributed by atoms with Gasteiger partial charge in [0.05, 0.1) is 24.9 Å². The van der Waals surface area contributed by atoms with Crippen molar-refractivity contribution in [3.8, 4) is 5.75 Å². The molecule has 140 valence electrons. The van der Waals surface area contributed by atoms with Gasteiger partial charge in [0.15, 0.2) is 0 Å². The molecule has 3 aromatic rings. The van der Waals surface area contributed by atoms with E-state index in [9.17, 15) is 4.79 Å². The smallest absolute Gasteiger partial charge is 0.321 e. The normalized spacial score (nSPS) is 15.1. The Morgan fingerprint density at radius 3 is 2.78 bits per heavy atom. The second kappa shape index (κ2) is 7.63. The maximum Gasteiger partial charge on any atom is 0.321 e. The third-order valence-electron chi connectivity index (χ3n) is 4.78. The molecule has 4 rings (SSSR count). The molecule has 0 bridgehead atoms. The minimum atomic E-state index is -0.107. The van der Waals surface area contributed by atoms with E-state index in [1.807, 2.05) is 35.4 Å². The molecule has 0 radical (unpaired) electrons. The first-order chi connectivity index (χ1) is 13.2. The monoisotopic (exact) mass is 366 g/mol. The van der Waals surface area contributed by atoms with Crippen molar-refractivity contribution >= 4 is 22.6 Å². The van der Waals surface area contributed by atoms with E-state index >= 15 is 0 Å². The fourth-order valence-corrected chi connectivity index (χ4v) is 3.33. The Balaban J connectivity index is 1.41. The number of urea groups is 1. The summed E-state index contributed by atoms with van der Waals surface area (Å²) in [6.45, 7) is 3.75. The number of amides is 2. The highest BCUT2D eigenvalue weighted by Crippen LogP contribution is 2.28. The van der Waals surface area contributed by atoms with Crippen LogP contribution in [0.1, 0.15) is 5.82 Å². The minimum Gasteiger partial charge on any atom is -0.496 e. The van der Waals surface area contributed by atoms with Crippen LogP contribution in [0.4, 0.5) is 10.5 Å². The number of anilines is 1. The topological polar surface area (TPSA) is 86.4 Å². The van der Waals surface area contributed by atoms with Crippen molar-refractivity contribution in [2.24, 2.45) is 0 Å². The van der Waals surface area contributed by atoms with Gasteiger partial charge in [0.25, 0.3) is 0 Å². The summed E-state index contributed by atoms with van der Waals surface area (Å²) in [6.07, 6.45) is 5.27. The van der Waals surface area contributed by atoms with Crippen LogP contribution < -0.4 is 10.1 Å². The summed E-state index contributed by atoms with van der Waals surface area (Å²) in [4.78, 5) is 28.6. The molecule has 3 heterocycles. The maximum absolute atomic E-state index is 12.7. The first-order valence-corrected chi connectivity index (χ1v) is 8.93. The summed E-state index contributed by atoms with van der Waals surface area (Å²) >= 11 is 0. The van der Waals surface area contributed by atoms with Gasteiger partial charge in [0, 0.05) is 50.2 Å². The molecule has 2 N–H and O–H groups in total. The fourth-order valence-electron chi connectivity index (χ4n) is 3.33. The number of nitrogens with one attached hydrogen (secondary N) is 2. The van der Waals surface area contributed by atoms with Gasteiger partial charge in [-0.25, -0.2) is 9.78 Å². The van der Waals surface area contributed by atoms with Crippen LogP contribution in [0.3, 0.4) is 0 Å². The molecule has 0 spiro atoms. The van der Waals surface area contributed by atoms with Gasteiger partial charge >= 0.3 is 6.03 Å². The Labute approximate surface area is 157 Å². The minimum absolute atomic E-state index is 0.107. The molecular weight excluding hydrogens is 344 g/mol. The SMILES string of the molecule is COc1ccnc2c(NC(=O)N3CCN(Cc4ncc[nH]4)CC3)cccc12. The van der Waals surface area contributed by atoms with E-state index in [0.29, 0.717) is 18.8 Å². The molecule has 1 fully saturated rings. The van der Waals surface area contributed by atoms with Crippen LogP contribution in [-0.2, 0) is 6.54 Å². The lowest BCUT2D eigenvalue weighted by molar-refractivity contribution is 0.141. The highest BCUT2D eigenvalue weighted by Gasteiger charge is 2.22. The lowest BCUT2D eigenvalue weighted by Gasteiger charge is -2.34. The van der Waals surface area contributed by atoms with E-state index in [0.717, 1.165) is 42.1 Å². The van der Waals surface area contributed by atoms with Crippen LogP contribution in [0.15, 0.2) is 42.9 Å². The molecule has 0 saturated carbocycles. The molecule has 27 heavy (non-hydrogen) atoms. The van der Waals surface area contributed by atoms with Gasteiger partial charge < -0.3 is 19.9 Å². The van der Waals surface area contributed by atoms with Crippen LogP contribution in [-0.4, -0.2) is 64.1 Å². The summed E-state index contributed by atoms with van der Waals surface area (Å²) in [5.41, 5.74) is 1.41. The van der Waals surface area contributed by atoms with Crippen molar-refractivity contribution in [3.63, 3.8) is 0 Å². The van der Waals surface area contributed by atoms with Crippen LogP contribution in [0.5, 0.6) is 5.75 Å². The largest absolute Gasteiger partial charge is 0.496 e. The molecule has 2 amide bonds. The third kappa shape index (κ3) is 3.70. The number of hydrogen-bond acceptors (Lipinski definition) is 5. The van der Waals surface area contributed by atoms with E-state index in [2.05, 4.69) is 25.2 Å².